The van der Waals surface area contributed by atoms with Gasteiger partial charge in [0.25, 0.3) is 5.91 Å². The fraction of sp³-hybridized carbons (Fsp3) is 0.412. The highest BCUT2D eigenvalue weighted by Crippen LogP contribution is 2.25. The molecule has 0 bridgehead atoms. The van der Waals surface area contributed by atoms with Gasteiger partial charge in [0.15, 0.2) is 6.61 Å². The van der Waals surface area contributed by atoms with Crippen molar-refractivity contribution in [3.05, 3.63) is 42.2 Å². The largest absolute Gasteiger partial charge is 0.497 e. The lowest BCUT2D eigenvalue weighted by Gasteiger charge is -2.32. The summed E-state index contributed by atoms with van der Waals surface area (Å²) < 4.78 is 10.7. The van der Waals surface area contributed by atoms with E-state index < -0.39 is 0 Å². The molecule has 2 aromatic rings. The van der Waals surface area contributed by atoms with E-state index in [0.29, 0.717) is 18.2 Å². The fourth-order valence-corrected chi connectivity index (χ4v) is 2.86. The lowest BCUT2D eigenvalue weighted by atomic mass is 9.95. The molecule has 6 heteroatoms. The first-order valence-corrected chi connectivity index (χ1v) is 7.80. The van der Waals surface area contributed by atoms with Crippen LogP contribution in [0.25, 0.3) is 0 Å². The highest BCUT2D eigenvalue weighted by Gasteiger charge is 2.25. The van der Waals surface area contributed by atoms with E-state index in [9.17, 15) is 4.79 Å². The Hall–Kier alpha value is -2.50. The summed E-state index contributed by atoms with van der Waals surface area (Å²) in [5.41, 5.74) is 1.10. The molecule has 0 unspecified atom stereocenters. The van der Waals surface area contributed by atoms with Crippen LogP contribution in [-0.2, 0) is 4.79 Å². The number of methoxy groups -OCH3 is 1. The van der Waals surface area contributed by atoms with Gasteiger partial charge in [-0.05, 0) is 43.2 Å². The number of aromatic amines is 1. The Bertz CT molecular complexity index is 625. The second kappa shape index (κ2) is 7.17. The van der Waals surface area contributed by atoms with Crippen LogP contribution in [0.15, 0.2) is 36.5 Å². The third-order valence-electron chi connectivity index (χ3n) is 4.16. The van der Waals surface area contributed by atoms with Crippen molar-refractivity contribution in [1.82, 2.24) is 15.1 Å². The number of rotatable bonds is 5. The molecule has 1 fully saturated rings. The van der Waals surface area contributed by atoms with E-state index in [2.05, 4.69) is 10.2 Å². The van der Waals surface area contributed by atoms with Gasteiger partial charge in [0.1, 0.15) is 11.5 Å². The second-order valence-electron chi connectivity index (χ2n) is 5.66. The molecule has 122 valence electrons. The number of benzene rings is 1. The van der Waals surface area contributed by atoms with Gasteiger partial charge in [0, 0.05) is 30.9 Å². The Balaban J connectivity index is 1.53. The zero-order valence-electron chi connectivity index (χ0n) is 13.2. The zero-order valence-corrected chi connectivity index (χ0v) is 13.2. The normalized spacial score (nSPS) is 17.8. The maximum Gasteiger partial charge on any atom is 0.260 e. The van der Waals surface area contributed by atoms with Crippen LogP contribution < -0.4 is 9.47 Å². The van der Waals surface area contributed by atoms with Crippen molar-refractivity contribution in [3.63, 3.8) is 0 Å². The third kappa shape index (κ3) is 3.83. The first kappa shape index (κ1) is 15.4. The molecule has 1 saturated heterocycles. The van der Waals surface area contributed by atoms with E-state index in [-0.39, 0.29) is 12.5 Å². The molecule has 0 saturated carbocycles. The summed E-state index contributed by atoms with van der Waals surface area (Å²) in [4.78, 5) is 14.2. The molecule has 0 radical (unpaired) electrons. The maximum absolute atomic E-state index is 12.4. The van der Waals surface area contributed by atoms with Crippen molar-refractivity contribution in [1.29, 1.82) is 0 Å². The molecule has 1 aromatic heterocycles. The number of nitrogens with one attached hydrogen (secondary N) is 1. The van der Waals surface area contributed by atoms with Gasteiger partial charge in [-0.1, -0.05) is 0 Å². The molecule has 0 spiro atoms. The first-order chi connectivity index (χ1) is 11.3. The Kier molecular flexibility index (Phi) is 4.80. The molecule has 1 aromatic carbocycles. The average Bonchev–Trinajstić information content (AvgIpc) is 3.15. The van der Waals surface area contributed by atoms with E-state index in [0.717, 1.165) is 30.8 Å². The van der Waals surface area contributed by atoms with Crippen molar-refractivity contribution >= 4 is 5.91 Å². The monoisotopic (exact) mass is 315 g/mol. The molecule has 1 N–H and O–H groups in total. The van der Waals surface area contributed by atoms with Crippen LogP contribution in [0.5, 0.6) is 11.5 Å². The number of piperidine rings is 1. The second-order valence-corrected chi connectivity index (χ2v) is 5.66. The van der Waals surface area contributed by atoms with Gasteiger partial charge in [-0.15, -0.1) is 0 Å². The van der Waals surface area contributed by atoms with E-state index in [4.69, 9.17) is 9.47 Å². The summed E-state index contributed by atoms with van der Waals surface area (Å²) >= 11 is 0. The highest BCUT2D eigenvalue weighted by atomic mass is 16.5. The van der Waals surface area contributed by atoms with Crippen LogP contribution in [0.1, 0.15) is 24.5 Å². The number of hydrogen-bond donors (Lipinski definition) is 1. The third-order valence-corrected chi connectivity index (χ3v) is 4.16. The summed E-state index contributed by atoms with van der Waals surface area (Å²) in [5, 5.41) is 7.00. The van der Waals surface area contributed by atoms with Gasteiger partial charge < -0.3 is 14.4 Å². The number of carbonyl (C=O) groups is 1. The quantitative estimate of drug-likeness (QED) is 0.918. The Labute approximate surface area is 135 Å². The molecular formula is C17H21N3O3. The summed E-state index contributed by atoms with van der Waals surface area (Å²) in [6, 6.07) is 9.21. The van der Waals surface area contributed by atoms with Crippen LogP contribution in [0, 0.1) is 0 Å². The molecule has 1 aliphatic heterocycles. The number of carbonyl (C=O) groups excluding carboxylic acids is 1. The Morgan fingerprint density at radius 1 is 1.30 bits per heavy atom. The van der Waals surface area contributed by atoms with Crippen LogP contribution in [0.2, 0.25) is 0 Å². The SMILES string of the molecule is COc1ccc(OCC(=O)N2CCC[C@@H](c3ccn[nH]3)C2)cc1. The molecule has 1 amide bonds. The van der Waals surface area contributed by atoms with Gasteiger partial charge in [-0.3, -0.25) is 9.89 Å². The van der Waals surface area contributed by atoms with Crippen molar-refractivity contribution < 1.29 is 14.3 Å². The van der Waals surface area contributed by atoms with Gasteiger partial charge in [0.2, 0.25) is 0 Å². The van der Waals surface area contributed by atoms with Crippen molar-refractivity contribution in [2.45, 2.75) is 18.8 Å². The summed E-state index contributed by atoms with van der Waals surface area (Å²) in [6.07, 6.45) is 3.83. The van der Waals surface area contributed by atoms with Gasteiger partial charge >= 0.3 is 0 Å². The predicted octanol–water partition coefficient (Wildman–Crippen LogP) is 2.20. The van der Waals surface area contributed by atoms with Crippen molar-refractivity contribution in [2.75, 3.05) is 26.8 Å². The topological polar surface area (TPSA) is 67.5 Å². The minimum atomic E-state index is 0.0185. The number of hydrogen-bond acceptors (Lipinski definition) is 4. The Morgan fingerprint density at radius 2 is 2.09 bits per heavy atom. The first-order valence-electron chi connectivity index (χ1n) is 7.80. The van der Waals surface area contributed by atoms with E-state index >= 15 is 0 Å². The predicted molar refractivity (Wildman–Crippen MR) is 85.6 cm³/mol. The maximum atomic E-state index is 12.4. The summed E-state index contributed by atoms with van der Waals surface area (Å²) in [7, 11) is 1.62. The molecule has 3 rings (SSSR count). The molecule has 0 aliphatic carbocycles. The minimum absolute atomic E-state index is 0.0185. The lowest BCUT2D eigenvalue weighted by Crippen LogP contribution is -2.41. The van der Waals surface area contributed by atoms with Gasteiger partial charge in [-0.2, -0.15) is 5.10 Å². The smallest absolute Gasteiger partial charge is 0.260 e. The zero-order chi connectivity index (χ0) is 16.1. The molecular weight excluding hydrogens is 294 g/mol. The molecule has 1 aliphatic rings. The number of H-pyrrole nitrogens is 1. The fourth-order valence-electron chi connectivity index (χ4n) is 2.86. The van der Waals surface area contributed by atoms with E-state index in [1.54, 1.807) is 25.4 Å². The van der Waals surface area contributed by atoms with Gasteiger partial charge in [-0.25, -0.2) is 0 Å². The molecule has 2 heterocycles. The van der Waals surface area contributed by atoms with E-state index in [1.165, 1.54) is 0 Å². The average molecular weight is 315 g/mol. The molecule has 1 atom stereocenters. The molecule has 23 heavy (non-hydrogen) atoms. The van der Waals surface area contributed by atoms with Gasteiger partial charge in [0.05, 0.1) is 7.11 Å². The number of aromatic nitrogens is 2. The summed E-state index contributed by atoms with van der Waals surface area (Å²) in [5.74, 6) is 1.78. The summed E-state index contributed by atoms with van der Waals surface area (Å²) in [6.45, 7) is 1.56. The number of likely N-dealkylation sites (tertiary alicyclic amines) is 1. The number of amides is 1. The highest BCUT2D eigenvalue weighted by molar-refractivity contribution is 5.78. The van der Waals surface area contributed by atoms with Crippen molar-refractivity contribution in [2.24, 2.45) is 0 Å². The van der Waals surface area contributed by atoms with Crippen molar-refractivity contribution in [3.8, 4) is 11.5 Å². The minimum Gasteiger partial charge on any atom is -0.497 e. The Morgan fingerprint density at radius 3 is 2.78 bits per heavy atom. The van der Waals surface area contributed by atoms with Crippen LogP contribution in [-0.4, -0.2) is 47.8 Å². The number of ether oxygens (including phenoxy) is 2. The van der Waals surface area contributed by atoms with E-state index in [1.807, 2.05) is 23.1 Å². The standard InChI is InChI=1S/C17H21N3O3/c1-22-14-4-6-15(7-5-14)23-12-17(21)20-10-2-3-13(11-20)16-8-9-18-19-16/h4-9,13H,2-3,10-12H2,1H3,(H,18,19)/t13-/m1/s1. The number of nitrogens with zero attached hydrogens (tertiary/aromatic N) is 2. The van der Waals surface area contributed by atoms with Crippen LogP contribution >= 0.6 is 0 Å². The van der Waals surface area contributed by atoms with Crippen LogP contribution in [0.3, 0.4) is 0 Å². The molecule has 6 nitrogen and oxygen atoms in total. The lowest BCUT2D eigenvalue weighted by molar-refractivity contribution is -0.134. The van der Waals surface area contributed by atoms with Crippen LogP contribution in [0.4, 0.5) is 0 Å².